The highest BCUT2D eigenvalue weighted by molar-refractivity contribution is 5.80. The minimum atomic E-state index is -2.28. The summed E-state index contributed by atoms with van der Waals surface area (Å²) in [5.74, 6) is -8.09. The van der Waals surface area contributed by atoms with Crippen molar-refractivity contribution in [3.05, 3.63) is 0 Å². The Labute approximate surface area is 396 Å². The highest BCUT2D eigenvalue weighted by Crippen LogP contribution is 2.28. The van der Waals surface area contributed by atoms with Gasteiger partial charge in [0.15, 0.2) is 18.3 Å². The third-order valence-corrected chi connectivity index (χ3v) is 10.6. The van der Waals surface area contributed by atoms with Crippen molar-refractivity contribution < 1.29 is 144 Å². The SMILES string of the molecule is CC(CO)(CO)C(=O)O.CC(CO)(CO)C(=O)OCC(OC(=O)C(C)(CO)CO)C(OC(=O)C(C)(CO)CO)C(COC(=O)C(C)(CO)CO)OC(=O)C(C)(CO)CO.OCC(O)C(O)C(O)CO. The van der Waals surface area contributed by atoms with Gasteiger partial charge in [0.25, 0.3) is 0 Å². The molecule has 0 saturated carbocycles. The number of carbonyl (C=O) groups is 6. The summed E-state index contributed by atoms with van der Waals surface area (Å²) in [4.78, 5) is 75.8. The second kappa shape index (κ2) is 32.2. The third kappa shape index (κ3) is 20.4. The molecule has 0 aliphatic heterocycles. The predicted octanol–water partition coefficient (Wildman–Crippen LogP) is -9.12. The highest BCUT2D eigenvalue weighted by atomic mass is 16.6. The molecule has 0 aromatic rings. The number of aliphatic hydroxyl groups excluding tert-OH is 17. The van der Waals surface area contributed by atoms with Crippen molar-refractivity contribution in [1.82, 2.24) is 0 Å². The fourth-order valence-electron chi connectivity index (χ4n) is 3.83. The fraction of sp³-hybridized carbons (Fsp3) is 0.850. The van der Waals surface area contributed by atoms with Crippen LogP contribution in [0.2, 0.25) is 0 Å². The molecule has 0 heterocycles. The van der Waals surface area contributed by atoms with Gasteiger partial charge in [0.2, 0.25) is 0 Å². The minimum absolute atomic E-state index is 0.543. The molecule has 0 fully saturated rings. The molecule has 0 rings (SSSR count). The summed E-state index contributed by atoms with van der Waals surface area (Å²) in [6, 6.07) is 0. The van der Waals surface area contributed by atoms with Crippen LogP contribution in [0.4, 0.5) is 0 Å². The summed E-state index contributed by atoms with van der Waals surface area (Å²) in [6.45, 7) is -8.13. The van der Waals surface area contributed by atoms with Crippen LogP contribution in [-0.4, -0.2) is 270 Å². The van der Waals surface area contributed by atoms with Gasteiger partial charge in [-0.2, -0.15) is 0 Å². The predicted molar refractivity (Wildman–Crippen MR) is 225 cm³/mol. The van der Waals surface area contributed by atoms with E-state index in [-0.39, 0.29) is 0 Å². The molecule has 29 nitrogen and oxygen atoms in total. The lowest BCUT2D eigenvalue weighted by atomic mass is 9.92. The Morgan fingerprint density at radius 1 is 0.362 bits per heavy atom. The number of carboxylic acids is 1. The summed E-state index contributed by atoms with van der Waals surface area (Å²) in [5, 5.41) is 165. The normalized spacial score (nSPS) is 15.0. The van der Waals surface area contributed by atoms with E-state index in [1.165, 1.54) is 6.92 Å². The van der Waals surface area contributed by atoms with E-state index in [4.69, 9.17) is 64.5 Å². The van der Waals surface area contributed by atoms with Gasteiger partial charge >= 0.3 is 35.8 Å². The molecule has 408 valence electrons. The van der Waals surface area contributed by atoms with Crippen LogP contribution in [0.25, 0.3) is 0 Å². The van der Waals surface area contributed by atoms with Crippen molar-refractivity contribution >= 4 is 35.8 Å². The molecule has 0 aromatic heterocycles. The molecular weight excluding hydrogens is 944 g/mol. The number of hydrogen-bond acceptors (Lipinski definition) is 28. The van der Waals surface area contributed by atoms with Gasteiger partial charge in [0.1, 0.15) is 64.0 Å². The summed E-state index contributed by atoms with van der Waals surface area (Å²) < 4.78 is 26.6. The van der Waals surface area contributed by atoms with Gasteiger partial charge in [0, 0.05) is 0 Å². The van der Waals surface area contributed by atoms with Crippen LogP contribution in [0, 0.1) is 32.5 Å². The summed E-state index contributed by atoms with van der Waals surface area (Å²) in [7, 11) is 0. The molecule has 69 heavy (non-hydrogen) atoms. The van der Waals surface area contributed by atoms with Crippen molar-refractivity contribution in [3.63, 3.8) is 0 Å². The molecule has 0 bridgehead atoms. The first-order valence-corrected chi connectivity index (χ1v) is 20.7. The number of rotatable bonds is 31. The molecule has 18 N–H and O–H groups in total. The van der Waals surface area contributed by atoms with E-state index < -0.39 is 211 Å². The van der Waals surface area contributed by atoms with Crippen molar-refractivity contribution in [3.8, 4) is 0 Å². The van der Waals surface area contributed by atoms with Crippen LogP contribution >= 0.6 is 0 Å². The second-order valence-electron chi connectivity index (χ2n) is 17.5. The van der Waals surface area contributed by atoms with Crippen LogP contribution in [0.5, 0.6) is 0 Å². The number of hydrogen-bond donors (Lipinski definition) is 18. The fourth-order valence-corrected chi connectivity index (χ4v) is 3.83. The Kier molecular flexibility index (Phi) is 32.4. The van der Waals surface area contributed by atoms with E-state index in [1.54, 1.807) is 0 Å². The lowest BCUT2D eigenvalue weighted by Crippen LogP contribution is -2.55. The number of carbonyl (C=O) groups excluding carboxylic acids is 5. The first-order valence-electron chi connectivity index (χ1n) is 20.7. The number of esters is 5. The third-order valence-electron chi connectivity index (χ3n) is 10.6. The Morgan fingerprint density at radius 2 is 0.580 bits per heavy atom. The van der Waals surface area contributed by atoms with Crippen LogP contribution < -0.4 is 0 Å². The average Bonchev–Trinajstić information content (AvgIpc) is 3.37. The highest BCUT2D eigenvalue weighted by Gasteiger charge is 2.49. The van der Waals surface area contributed by atoms with Gasteiger partial charge in [-0.25, -0.2) is 0 Å². The Bertz CT molecular complexity index is 1440. The maximum atomic E-state index is 13.4. The van der Waals surface area contributed by atoms with Gasteiger partial charge in [-0.05, 0) is 41.5 Å². The summed E-state index contributed by atoms with van der Waals surface area (Å²) in [6.07, 6.45) is -10.9. The number of aliphatic carboxylic acids is 1. The lowest BCUT2D eigenvalue weighted by Gasteiger charge is -2.37. The molecule has 29 heteroatoms. The van der Waals surface area contributed by atoms with Crippen molar-refractivity contribution in [2.45, 2.75) is 78.2 Å². The molecule has 0 saturated heterocycles. The molecule has 0 radical (unpaired) electrons. The van der Waals surface area contributed by atoms with Gasteiger partial charge in [0.05, 0.1) is 92.5 Å². The number of ether oxygens (including phenoxy) is 5. The van der Waals surface area contributed by atoms with Gasteiger partial charge in [-0.15, -0.1) is 0 Å². The molecule has 4 unspecified atom stereocenters. The first-order chi connectivity index (χ1) is 31.9. The molecule has 0 aliphatic carbocycles. The van der Waals surface area contributed by atoms with Gasteiger partial charge < -0.3 is 116 Å². The molecule has 0 aliphatic rings. The lowest BCUT2D eigenvalue weighted by molar-refractivity contribution is -0.213. The van der Waals surface area contributed by atoms with E-state index in [0.717, 1.165) is 34.6 Å². The van der Waals surface area contributed by atoms with Crippen LogP contribution in [0.15, 0.2) is 0 Å². The Hall–Kier alpha value is -3.86. The molecule has 0 spiro atoms. The van der Waals surface area contributed by atoms with Crippen LogP contribution in [0.1, 0.15) is 41.5 Å². The number of aliphatic hydroxyl groups is 17. The van der Waals surface area contributed by atoms with E-state index in [9.17, 15) is 79.8 Å². The molecule has 0 aromatic carbocycles. The maximum absolute atomic E-state index is 13.4. The zero-order valence-corrected chi connectivity index (χ0v) is 39.3. The molecule has 0 amide bonds. The van der Waals surface area contributed by atoms with Gasteiger partial charge in [-0.3, -0.25) is 28.8 Å². The largest absolute Gasteiger partial charge is 0.481 e. The average molecular weight is 1020 g/mol. The minimum Gasteiger partial charge on any atom is -0.481 e. The second-order valence-corrected chi connectivity index (χ2v) is 17.5. The van der Waals surface area contributed by atoms with Gasteiger partial charge in [-0.1, -0.05) is 0 Å². The topological polar surface area (TPSA) is 513 Å². The molecular formula is C40H74O29. The zero-order chi connectivity index (χ0) is 54.8. The quantitative estimate of drug-likeness (QED) is 0.0226. The van der Waals surface area contributed by atoms with Crippen molar-refractivity contribution in [2.75, 3.05) is 106 Å². The molecule has 4 atom stereocenters. The smallest absolute Gasteiger partial charge is 0.317 e. The van der Waals surface area contributed by atoms with Crippen molar-refractivity contribution in [2.24, 2.45) is 32.5 Å². The van der Waals surface area contributed by atoms with E-state index in [1.807, 2.05) is 0 Å². The number of carboxylic acid groups (broad SMARTS) is 1. The standard InChI is InChI=1S/C30H52O20.C5H12O5.C5H10O4/c1-26(8-31,9-32)21(41)46-6-18(48-23(43)28(3,12-35)13-36)20(50-25(45)30(5,16-39)17-40)19(49-24(44)29(4,14-37)15-38)7-47-22(42)27(2,10-33)11-34;6-1-3(8)5(10)4(9)2-7;1-5(2-6,3-7)4(8)9/h18-20,31-40H,6-17H2,1-5H3;3-10H,1-2H2;6-7H,2-3H2,1H3,(H,8,9). The summed E-state index contributed by atoms with van der Waals surface area (Å²) >= 11 is 0. The van der Waals surface area contributed by atoms with E-state index in [2.05, 4.69) is 0 Å². The van der Waals surface area contributed by atoms with E-state index in [0.29, 0.717) is 0 Å². The zero-order valence-electron chi connectivity index (χ0n) is 39.3. The maximum Gasteiger partial charge on any atom is 0.317 e. The Balaban J connectivity index is -0.00000189. The summed E-state index contributed by atoms with van der Waals surface area (Å²) in [5.41, 5.74) is -11.5. The first kappa shape index (κ1) is 69.4. The Morgan fingerprint density at radius 3 is 0.768 bits per heavy atom. The van der Waals surface area contributed by atoms with E-state index >= 15 is 0 Å². The van der Waals surface area contributed by atoms with Crippen LogP contribution in [-0.2, 0) is 52.5 Å². The van der Waals surface area contributed by atoms with Crippen LogP contribution in [0.3, 0.4) is 0 Å². The monoisotopic (exact) mass is 1020 g/mol. The van der Waals surface area contributed by atoms with Crippen molar-refractivity contribution in [1.29, 1.82) is 0 Å².